The number of amides is 1. The Morgan fingerprint density at radius 1 is 1.17 bits per heavy atom. The number of hydrogen-bond donors (Lipinski definition) is 1. The van der Waals surface area contributed by atoms with Gasteiger partial charge in [-0.05, 0) is 29.8 Å². The minimum absolute atomic E-state index is 0.0306. The summed E-state index contributed by atoms with van der Waals surface area (Å²) in [5, 5.41) is 3.57. The van der Waals surface area contributed by atoms with E-state index >= 15 is 0 Å². The second-order valence-corrected chi connectivity index (χ2v) is 6.09. The Balaban J connectivity index is 1.43. The molecule has 1 N–H and O–H groups in total. The molecule has 0 saturated heterocycles. The van der Waals surface area contributed by atoms with Gasteiger partial charge in [0.15, 0.2) is 0 Å². The molecule has 0 saturated carbocycles. The van der Waals surface area contributed by atoms with E-state index in [2.05, 4.69) is 10.3 Å². The Labute approximate surface area is 136 Å². The Morgan fingerprint density at radius 2 is 1.96 bits per heavy atom. The average Bonchev–Trinajstić information content (AvgIpc) is 2.97. The molecule has 1 amide bonds. The number of aromatic nitrogens is 1. The second kappa shape index (κ2) is 7.30. The van der Waals surface area contributed by atoms with Gasteiger partial charge in [0, 0.05) is 6.54 Å². The summed E-state index contributed by atoms with van der Waals surface area (Å²) >= 11 is 1.56. The van der Waals surface area contributed by atoms with Crippen molar-refractivity contribution in [1.82, 2.24) is 10.3 Å². The highest BCUT2D eigenvalue weighted by Crippen LogP contribution is 2.21. The van der Waals surface area contributed by atoms with Crippen LogP contribution in [0, 0.1) is 5.82 Å². The third-order valence-electron chi connectivity index (χ3n) is 3.20. The van der Waals surface area contributed by atoms with E-state index in [-0.39, 0.29) is 18.3 Å². The molecule has 0 fully saturated rings. The fraction of sp³-hybridized carbons (Fsp3) is 0.176. The number of nitrogens with one attached hydrogen (secondary N) is 1. The van der Waals surface area contributed by atoms with Crippen molar-refractivity contribution < 1.29 is 13.9 Å². The number of thiazole rings is 1. The van der Waals surface area contributed by atoms with Crippen LogP contribution in [0.1, 0.15) is 10.6 Å². The molecule has 0 unspecified atom stereocenters. The van der Waals surface area contributed by atoms with Crippen LogP contribution in [0.25, 0.3) is 10.2 Å². The zero-order chi connectivity index (χ0) is 16.1. The molecule has 0 aliphatic heterocycles. The highest BCUT2D eigenvalue weighted by molar-refractivity contribution is 7.18. The summed E-state index contributed by atoms with van der Waals surface area (Å²) < 4.78 is 19.3. The molecule has 2 aromatic carbocycles. The monoisotopic (exact) mass is 330 g/mol. The molecule has 1 heterocycles. The lowest BCUT2D eigenvalue weighted by molar-refractivity contribution is -0.126. The molecule has 0 radical (unpaired) electrons. The largest absolute Gasteiger partial charge is 0.364 e. The minimum Gasteiger partial charge on any atom is -0.364 e. The van der Waals surface area contributed by atoms with E-state index in [0.717, 1.165) is 20.8 Å². The first-order valence-corrected chi connectivity index (χ1v) is 7.96. The third-order valence-corrected chi connectivity index (χ3v) is 4.21. The smallest absolute Gasteiger partial charge is 0.246 e. The molecule has 0 bridgehead atoms. The van der Waals surface area contributed by atoms with Gasteiger partial charge in [-0.15, -0.1) is 11.3 Å². The highest BCUT2D eigenvalue weighted by atomic mass is 32.1. The van der Waals surface area contributed by atoms with Crippen LogP contribution in [0.4, 0.5) is 4.39 Å². The van der Waals surface area contributed by atoms with Crippen molar-refractivity contribution in [3.8, 4) is 0 Å². The molecule has 6 heteroatoms. The Bertz CT molecular complexity index is 769. The van der Waals surface area contributed by atoms with Crippen LogP contribution in [0.2, 0.25) is 0 Å². The van der Waals surface area contributed by atoms with Crippen molar-refractivity contribution in [3.05, 3.63) is 64.9 Å². The summed E-state index contributed by atoms with van der Waals surface area (Å²) in [5.41, 5.74) is 1.78. The predicted octanol–water partition coefficient (Wildman–Crippen LogP) is 3.27. The molecular weight excluding hydrogens is 315 g/mol. The number of fused-ring (bicyclic) bond motifs is 1. The van der Waals surface area contributed by atoms with Gasteiger partial charge in [0.2, 0.25) is 5.91 Å². The van der Waals surface area contributed by atoms with E-state index in [9.17, 15) is 9.18 Å². The van der Waals surface area contributed by atoms with E-state index in [4.69, 9.17) is 4.74 Å². The van der Waals surface area contributed by atoms with Crippen LogP contribution in [0.3, 0.4) is 0 Å². The average molecular weight is 330 g/mol. The summed E-state index contributed by atoms with van der Waals surface area (Å²) in [6, 6.07) is 13.9. The first-order chi connectivity index (χ1) is 11.2. The topological polar surface area (TPSA) is 51.2 Å². The summed E-state index contributed by atoms with van der Waals surface area (Å²) in [4.78, 5) is 16.2. The van der Waals surface area contributed by atoms with Crippen molar-refractivity contribution in [2.75, 3.05) is 6.61 Å². The van der Waals surface area contributed by atoms with Gasteiger partial charge < -0.3 is 10.1 Å². The minimum atomic E-state index is -0.292. The van der Waals surface area contributed by atoms with Gasteiger partial charge >= 0.3 is 0 Å². The number of carbonyl (C=O) groups is 1. The van der Waals surface area contributed by atoms with E-state index < -0.39 is 0 Å². The summed E-state index contributed by atoms with van der Waals surface area (Å²) in [5.74, 6) is -0.505. The Morgan fingerprint density at radius 3 is 2.74 bits per heavy atom. The summed E-state index contributed by atoms with van der Waals surface area (Å²) in [6.07, 6.45) is 0. The van der Waals surface area contributed by atoms with Gasteiger partial charge in [0.1, 0.15) is 17.4 Å². The van der Waals surface area contributed by atoms with Gasteiger partial charge in [-0.2, -0.15) is 0 Å². The number of halogens is 1. The van der Waals surface area contributed by atoms with Crippen molar-refractivity contribution in [2.45, 2.75) is 13.2 Å². The Hall–Kier alpha value is -2.31. The van der Waals surface area contributed by atoms with E-state index in [1.54, 1.807) is 23.5 Å². The SMILES string of the molecule is O=C(COCc1nc2ccccc2s1)NCc1ccc(F)cc1. The van der Waals surface area contributed by atoms with Crippen LogP contribution in [0.15, 0.2) is 48.5 Å². The van der Waals surface area contributed by atoms with E-state index in [0.29, 0.717) is 13.2 Å². The molecule has 4 nitrogen and oxygen atoms in total. The molecule has 3 rings (SSSR count). The molecule has 23 heavy (non-hydrogen) atoms. The van der Waals surface area contributed by atoms with Crippen LogP contribution in [-0.4, -0.2) is 17.5 Å². The van der Waals surface area contributed by atoms with Gasteiger partial charge in [-0.1, -0.05) is 24.3 Å². The number of nitrogens with zero attached hydrogens (tertiary/aromatic N) is 1. The fourth-order valence-electron chi connectivity index (χ4n) is 2.07. The normalized spacial score (nSPS) is 10.8. The maximum atomic E-state index is 12.8. The lowest BCUT2D eigenvalue weighted by Crippen LogP contribution is -2.27. The van der Waals surface area contributed by atoms with E-state index in [1.807, 2.05) is 24.3 Å². The number of carbonyl (C=O) groups excluding carboxylic acids is 1. The first-order valence-electron chi connectivity index (χ1n) is 7.14. The number of ether oxygens (including phenoxy) is 1. The highest BCUT2D eigenvalue weighted by Gasteiger charge is 2.06. The van der Waals surface area contributed by atoms with Crippen molar-refractivity contribution in [1.29, 1.82) is 0 Å². The van der Waals surface area contributed by atoms with Gasteiger partial charge in [-0.3, -0.25) is 4.79 Å². The zero-order valence-corrected chi connectivity index (χ0v) is 13.1. The van der Waals surface area contributed by atoms with Crippen LogP contribution in [-0.2, 0) is 22.7 Å². The number of para-hydroxylation sites is 1. The van der Waals surface area contributed by atoms with Gasteiger partial charge in [0.05, 0.1) is 16.8 Å². The van der Waals surface area contributed by atoms with Crippen LogP contribution in [0.5, 0.6) is 0 Å². The quantitative estimate of drug-likeness (QED) is 0.755. The fourth-order valence-corrected chi connectivity index (χ4v) is 2.97. The van der Waals surface area contributed by atoms with Crippen LogP contribution >= 0.6 is 11.3 Å². The lowest BCUT2D eigenvalue weighted by Gasteiger charge is -2.05. The summed E-state index contributed by atoms with van der Waals surface area (Å²) in [6.45, 7) is 0.629. The Kier molecular flexibility index (Phi) is 4.95. The summed E-state index contributed by atoms with van der Waals surface area (Å²) in [7, 11) is 0. The van der Waals surface area contributed by atoms with Gasteiger partial charge in [0.25, 0.3) is 0 Å². The molecule has 3 aromatic rings. The molecule has 0 aliphatic rings. The van der Waals surface area contributed by atoms with Crippen molar-refractivity contribution >= 4 is 27.5 Å². The molecule has 0 aliphatic carbocycles. The molecule has 118 valence electrons. The standard InChI is InChI=1S/C17H15FN2O2S/c18-13-7-5-12(6-8-13)9-19-16(21)10-22-11-17-20-14-3-1-2-4-15(14)23-17/h1-8H,9-11H2,(H,19,21). The molecule has 1 aromatic heterocycles. The number of benzene rings is 2. The zero-order valence-electron chi connectivity index (χ0n) is 12.3. The van der Waals surface area contributed by atoms with Crippen molar-refractivity contribution in [2.24, 2.45) is 0 Å². The predicted molar refractivity (Wildman–Crippen MR) is 87.5 cm³/mol. The second-order valence-electron chi connectivity index (χ2n) is 4.97. The molecule has 0 spiro atoms. The first kappa shape index (κ1) is 15.6. The number of rotatable bonds is 6. The van der Waals surface area contributed by atoms with Crippen molar-refractivity contribution in [3.63, 3.8) is 0 Å². The third kappa shape index (κ3) is 4.34. The maximum Gasteiger partial charge on any atom is 0.246 e. The maximum absolute atomic E-state index is 12.8. The number of hydrogen-bond acceptors (Lipinski definition) is 4. The van der Waals surface area contributed by atoms with Gasteiger partial charge in [-0.25, -0.2) is 9.37 Å². The lowest BCUT2D eigenvalue weighted by atomic mass is 10.2. The molecule has 0 atom stereocenters. The molecular formula is C17H15FN2O2S. The van der Waals surface area contributed by atoms with Crippen LogP contribution < -0.4 is 5.32 Å². The van der Waals surface area contributed by atoms with E-state index in [1.165, 1.54) is 12.1 Å².